The first-order chi connectivity index (χ1) is 10.3. The fourth-order valence-electron chi connectivity index (χ4n) is 2.10. The van der Waals surface area contributed by atoms with Crippen LogP contribution in [0.5, 0.6) is 5.75 Å². The first-order valence-electron chi connectivity index (χ1n) is 6.45. The van der Waals surface area contributed by atoms with Crippen molar-refractivity contribution in [1.82, 2.24) is 0 Å². The van der Waals surface area contributed by atoms with Crippen molar-refractivity contribution < 1.29 is 9.53 Å². The van der Waals surface area contributed by atoms with Crippen molar-refractivity contribution >= 4 is 27.2 Å². The Kier molecular flexibility index (Phi) is 3.72. The third-order valence-electron chi connectivity index (χ3n) is 3.14. The third kappa shape index (κ3) is 2.67. The summed E-state index contributed by atoms with van der Waals surface area (Å²) < 4.78 is 6.36. The van der Waals surface area contributed by atoms with Gasteiger partial charge in [0.1, 0.15) is 5.75 Å². The number of ketones is 1. The van der Waals surface area contributed by atoms with Crippen LogP contribution in [0.15, 0.2) is 53.9 Å². The molecule has 0 N–H and O–H groups in total. The summed E-state index contributed by atoms with van der Waals surface area (Å²) in [5.41, 5.74) is 1.38. The molecule has 0 spiro atoms. The van der Waals surface area contributed by atoms with Gasteiger partial charge in [-0.1, -0.05) is 36.3 Å². The summed E-state index contributed by atoms with van der Waals surface area (Å²) in [6.45, 7) is 0. The molecule has 3 aromatic rings. The van der Waals surface area contributed by atoms with Gasteiger partial charge in [-0.15, -0.1) is 11.3 Å². The second kappa shape index (κ2) is 5.82. The predicted molar refractivity (Wildman–Crippen MR) is 86.0 cm³/mol. The Hall–Kier alpha value is -2.57. The van der Waals surface area contributed by atoms with Crippen molar-refractivity contribution in [2.45, 2.75) is 0 Å². The number of carbonyl (C=O) groups excluding carboxylic acids is 1. The van der Waals surface area contributed by atoms with Crippen LogP contribution in [0.1, 0.15) is 15.9 Å². The van der Waals surface area contributed by atoms with Gasteiger partial charge >= 0.3 is 0 Å². The van der Waals surface area contributed by atoms with E-state index < -0.39 is 0 Å². The summed E-state index contributed by atoms with van der Waals surface area (Å²) in [6.07, 6.45) is 0. The molecule has 0 aliphatic heterocycles. The number of ether oxygens (including phenoxy) is 1. The van der Waals surface area contributed by atoms with Crippen molar-refractivity contribution in [1.29, 1.82) is 0 Å². The first-order valence-corrected chi connectivity index (χ1v) is 7.33. The smallest absolute Gasteiger partial charge is 0.239 e. The second-order valence-corrected chi connectivity index (χ2v) is 5.34. The van der Waals surface area contributed by atoms with Crippen LogP contribution in [0.4, 0.5) is 0 Å². The average Bonchev–Trinajstić information content (AvgIpc) is 2.96. The quantitative estimate of drug-likeness (QED) is 0.524. The molecule has 1 aromatic heterocycles. The molecule has 0 saturated carbocycles. The molecule has 0 saturated heterocycles. The fraction of sp³-hybridized carbons (Fsp3) is 0.0556. The van der Waals surface area contributed by atoms with E-state index in [1.54, 1.807) is 36.6 Å². The maximum absolute atomic E-state index is 12.2. The summed E-state index contributed by atoms with van der Waals surface area (Å²) in [7, 11) is 1.55. The van der Waals surface area contributed by atoms with E-state index in [1.165, 1.54) is 4.70 Å². The highest BCUT2D eigenvalue weighted by atomic mass is 32.1. The van der Waals surface area contributed by atoms with Crippen molar-refractivity contribution in [3.05, 3.63) is 65.0 Å². The van der Waals surface area contributed by atoms with Gasteiger partial charge in [0.25, 0.3) is 0 Å². The Morgan fingerprint density at radius 2 is 1.86 bits per heavy atom. The Bertz CT molecular complexity index is 865. The number of Topliss-reactive ketones (excluding diaryl/α,β-unsaturated/α-hetero) is 1. The maximum Gasteiger partial charge on any atom is 0.239 e. The van der Waals surface area contributed by atoms with Gasteiger partial charge in [0, 0.05) is 21.0 Å². The molecule has 102 valence electrons. The SMILES string of the molecule is COc1ccccc1C(=O)C#Cc1csc2ccccc12. The number of rotatable bonds is 2. The van der Waals surface area contributed by atoms with E-state index in [2.05, 4.69) is 11.8 Å². The monoisotopic (exact) mass is 292 g/mol. The Morgan fingerprint density at radius 3 is 2.71 bits per heavy atom. The Labute approximate surface area is 127 Å². The zero-order valence-corrected chi connectivity index (χ0v) is 12.2. The first kappa shape index (κ1) is 13.4. The zero-order valence-electron chi connectivity index (χ0n) is 11.4. The minimum atomic E-state index is -0.234. The predicted octanol–water partition coefficient (Wildman–Crippen LogP) is 4.14. The molecule has 21 heavy (non-hydrogen) atoms. The number of carbonyl (C=O) groups is 1. The number of hydrogen-bond acceptors (Lipinski definition) is 3. The van der Waals surface area contributed by atoms with Crippen molar-refractivity contribution in [2.24, 2.45) is 0 Å². The topological polar surface area (TPSA) is 26.3 Å². The molecule has 0 amide bonds. The van der Waals surface area contributed by atoms with Gasteiger partial charge in [-0.25, -0.2) is 0 Å². The summed E-state index contributed by atoms with van der Waals surface area (Å²) in [5.74, 6) is 5.99. The number of benzene rings is 2. The largest absolute Gasteiger partial charge is 0.496 e. The second-order valence-electron chi connectivity index (χ2n) is 4.42. The lowest BCUT2D eigenvalue weighted by molar-refractivity contribution is 0.105. The van der Waals surface area contributed by atoms with Gasteiger partial charge in [0.05, 0.1) is 12.7 Å². The lowest BCUT2D eigenvalue weighted by Gasteiger charge is -2.02. The molecule has 0 radical (unpaired) electrons. The summed E-state index contributed by atoms with van der Waals surface area (Å²) >= 11 is 1.63. The molecule has 3 heteroatoms. The molecular formula is C18H12O2S. The number of hydrogen-bond donors (Lipinski definition) is 0. The van der Waals surface area contributed by atoms with Gasteiger partial charge < -0.3 is 4.74 Å². The van der Waals surface area contributed by atoms with E-state index in [9.17, 15) is 4.79 Å². The molecule has 0 aliphatic carbocycles. The van der Waals surface area contributed by atoms with Crippen molar-refractivity contribution in [3.63, 3.8) is 0 Å². The molecule has 3 rings (SSSR count). The van der Waals surface area contributed by atoms with Gasteiger partial charge in [-0.05, 0) is 24.1 Å². The van der Waals surface area contributed by atoms with Crippen LogP contribution in [0.25, 0.3) is 10.1 Å². The Balaban J connectivity index is 1.95. The molecule has 2 aromatic carbocycles. The van der Waals surface area contributed by atoms with Gasteiger partial charge in [0.2, 0.25) is 5.78 Å². The summed E-state index contributed by atoms with van der Waals surface area (Å²) in [4.78, 5) is 12.2. The highest BCUT2D eigenvalue weighted by Gasteiger charge is 2.08. The van der Waals surface area contributed by atoms with E-state index in [1.807, 2.05) is 35.7 Å². The summed E-state index contributed by atoms with van der Waals surface area (Å²) in [6, 6.07) is 15.2. The fourth-order valence-corrected chi connectivity index (χ4v) is 2.99. The van der Waals surface area contributed by atoms with Crippen LogP contribution in [0.2, 0.25) is 0 Å². The minimum absolute atomic E-state index is 0.234. The third-order valence-corrected chi connectivity index (χ3v) is 4.11. The minimum Gasteiger partial charge on any atom is -0.496 e. The molecule has 0 unspecified atom stereocenters. The van der Waals surface area contributed by atoms with Crippen LogP contribution in [-0.2, 0) is 0 Å². The molecule has 0 atom stereocenters. The molecule has 1 heterocycles. The number of methoxy groups -OCH3 is 1. The van der Waals surface area contributed by atoms with Crippen LogP contribution in [-0.4, -0.2) is 12.9 Å². The van der Waals surface area contributed by atoms with E-state index in [0.717, 1.165) is 10.9 Å². The molecule has 0 aliphatic rings. The van der Waals surface area contributed by atoms with E-state index in [-0.39, 0.29) is 5.78 Å². The van der Waals surface area contributed by atoms with Crippen LogP contribution in [0.3, 0.4) is 0 Å². The van der Waals surface area contributed by atoms with Gasteiger partial charge in [0.15, 0.2) is 0 Å². The number of thiophene rings is 1. The van der Waals surface area contributed by atoms with E-state index in [4.69, 9.17) is 4.74 Å². The van der Waals surface area contributed by atoms with Crippen LogP contribution in [0, 0.1) is 11.8 Å². The van der Waals surface area contributed by atoms with E-state index >= 15 is 0 Å². The van der Waals surface area contributed by atoms with Gasteiger partial charge in [-0.3, -0.25) is 4.79 Å². The molecule has 0 fully saturated rings. The molecule has 0 bridgehead atoms. The lowest BCUT2D eigenvalue weighted by atomic mass is 10.1. The van der Waals surface area contributed by atoms with E-state index in [0.29, 0.717) is 11.3 Å². The molecule has 2 nitrogen and oxygen atoms in total. The van der Waals surface area contributed by atoms with Crippen LogP contribution < -0.4 is 4.74 Å². The summed E-state index contributed by atoms with van der Waals surface area (Å²) in [5, 5.41) is 3.07. The zero-order chi connectivity index (χ0) is 14.7. The lowest BCUT2D eigenvalue weighted by Crippen LogP contribution is -1.98. The van der Waals surface area contributed by atoms with Crippen LogP contribution >= 0.6 is 11.3 Å². The van der Waals surface area contributed by atoms with Crippen molar-refractivity contribution in [3.8, 4) is 17.6 Å². The van der Waals surface area contributed by atoms with Crippen molar-refractivity contribution in [2.75, 3.05) is 7.11 Å². The molecular weight excluding hydrogens is 280 g/mol. The highest BCUT2D eigenvalue weighted by molar-refractivity contribution is 7.17. The number of fused-ring (bicyclic) bond motifs is 1. The normalized spacial score (nSPS) is 9.95. The average molecular weight is 292 g/mol. The standard InChI is InChI=1S/C18H12O2S/c1-20-17-8-4-2-7-15(17)16(19)11-10-13-12-21-18-9-5-3-6-14(13)18/h2-9,12H,1H3. The number of para-hydroxylation sites is 1. The highest BCUT2D eigenvalue weighted by Crippen LogP contribution is 2.25. The van der Waals surface area contributed by atoms with Gasteiger partial charge in [-0.2, -0.15) is 0 Å². The Morgan fingerprint density at radius 1 is 1.10 bits per heavy atom. The maximum atomic E-state index is 12.2.